The molecule has 0 unspecified atom stereocenters. The first-order valence-corrected chi connectivity index (χ1v) is 6.42. The number of aliphatic carboxylic acids is 1. The Hall–Kier alpha value is -1.76. The first-order chi connectivity index (χ1) is 9.75. The summed E-state index contributed by atoms with van der Waals surface area (Å²) >= 11 is 0. The van der Waals surface area contributed by atoms with E-state index in [4.69, 9.17) is 4.74 Å². The van der Waals surface area contributed by atoms with Crippen molar-refractivity contribution in [2.24, 2.45) is 5.41 Å². The Morgan fingerprint density at radius 2 is 2.00 bits per heavy atom. The average Bonchev–Trinajstić information content (AvgIpc) is 2.36. The smallest absolute Gasteiger partial charge is 0.481 e. The minimum atomic E-state index is -4.75. The second-order valence-electron chi connectivity index (χ2n) is 5.79. The Balaban J connectivity index is 1.85. The molecule has 1 aromatic carbocycles. The molecule has 1 saturated carbocycles. The van der Waals surface area contributed by atoms with Crippen molar-refractivity contribution in [1.29, 1.82) is 0 Å². The van der Waals surface area contributed by atoms with Crippen LogP contribution in [-0.2, 0) is 14.9 Å². The molecule has 1 N–H and O–H groups in total. The van der Waals surface area contributed by atoms with Gasteiger partial charge in [0.25, 0.3) is 0 Å². The predicted molar refractivity (Wildman–Crippen MR) is 64.9 cm³/mol. The quantitative estimate of drug-likeness (QED) is 0.932. The van der Waals surface area contributed by atoms with Crippen molar-refractivity contribution in [3.63, 3.8) is 0 Å². The normalized spacial score (nSPS) is 31.4. The molecule has 0 aromatic heterocycles. The summed E-state index contributed by atoms with van der Waals surface area (Å²) in [5.74, 6) is -1.21. The zero-order valence-corrected chi connectivity index (χ0v) is 10.9. The summed E-state index contributed by atoms with van der Waals surface area (Å²) in [5.41, 5.74) is -0.804. The lowest BCUT2D eigenvalue weighted by Crippen LogP contribution is -2.62. The first-order valence-electron chi connectivity index (χ1n) is 6.42. The second kappa shape index (κ2) is 4.37. The van der Waals surface area contributed by atoms with E-state index in [-0.39, 0.29) is 12.4 Å². The number of hydrogen-bond acceptors (Lipinski definition) is 3. The fourth-order valence-electron chi connectivity index (χ4n) is 3.41. The largest absolute Gasteiger partial charge is 0.573 e. The molecule has 2 bridgehead atoms. The minimum Gasteiger partial charge on any atom is -0.481 e. The molecule has 4 rings (SSSR count). The summed E-state index contributed by atoms with van der Waals surface area (Å²) in [7, 11) is 0. The van der Waals surface area contributed by atoms with Crippen LogP contribution in [0.15, 0.2) is 24.3 Å². The molecule has 7 heteroatoms. The van der Waals surface area contributed by atoms with Gasteiger partial charge in [-0.2, -0.15) is 0 Å². The van der Waals surface area contributed by atoms with Crippen molar-refractivity contribution in [3.05, 3.63) is 29.8 Å². The van der Waals surface area contributed by atoms with Gasteiger partial charge >= 0.3 is 12.3 Å². The third kappa shape index (κ3) is 2.35. The Kier molecular flexibility index (Phi) is 2.95. The molecule has 1 aromatic rings. The maximum atomic E-state index is 12.3. The molecular weight excluding hydrogens is 289 g/mol. The van der Waals surface area contributed by atoms with E-state index in [1.165, 1.54) is 18.2 Å². The molecule has 2 saturated heterocycles. The lowest BCUT2D eigenvalue weighted by Gasteiger charge is -2.58. The Morgan fingerprint density at radius 1 is 1.29 bits per heavy atom. The number of hydrogen-bond donors (Lipinski definition) is 1. The highest BCUT2D eigenvalue weighted by Gasteiger charge is 2.63. The van der Waals surface area contributed by atoms with Crippen molar-refractivity contribution >= 4 is 5.97 Å². The van der Waals surface area contributed by atoms with Gasteiger partial charge in [0, 0.05) is 5.41 Å². The Morgan fingerprint density at radius 3 is 2.62 bits per heavy atom. The van der Waals surface area contributed by atoms with Gasteiger partial charge in [0.05, 0.1) is 18.6 Å². The van der Waals surface area contributed by atoms with Crippen LogP contribution in [0.4, 0.5) is 13.2 Å². The molecule has 0 atom stereocenters. The number of carbonyl (C=O) groups is 1. The first kappa shape index (κ1) is 14.2. The molecule has 114 valence electrons. The summed E-state index contributed by atoms with van der Waals surface area (Å²) in [4.78, 5) is 11.3. The van der Waals surface area contributed by atoms with E-state index in [1.807, 2.05) is 0 Å². The van der Waals surface area contributed by atoms with E-state index in [1.54, 1.807) is 6.07 Å². The van der Waals surface area contributed by atoms with E-state index in [0.717, 1.165) is 0 Å². The molecule has 0 spiro atoms. The Labute approximate surface area is 118 Å². The standard InChI is InChI=1S/C14H13F3O4/c15-14(16,17)21-10-3-1-2-9(4-10)12-5-13(6-12,11(18)19)8-20-7-12/h1-4H,5-8H2,(H,18,19). The van der Waals surface area contributed by atoms with Crippen LogP contribution >= 0.6 is 0 Å². The fourth-order valence-corrected chi connectivity index (χ4v) is 3.41. The van der Waals surface area contributed by atoms with Crippen molar-refractivity contribution in [3.8, 4) is 5.75 Å². The van der Waals surface area contributed by atoms with Crippen LogP contribution in [-0.4, -0.2) is 30.7 Å². The van der Waals surface area contributed by atoms with Crippen LogP contribution in [0.5, 0.6) is 5.75 Å². The molecule has 2 aliphatic heterocycles. The van der Waals surface area contributed by atoms with E-state index in [0.29, 0.717) is 25.0 Å². The van der Waals surface area contributed by atoms with Crippen LogP contribution in [0.1, 0.15) is 18.4 Å². The number of alkyl halides is 3. The maximum absolute atomic E-state index is 12.3. The van der Waals surface area contributed by atoms with Crippen LogP contribution < -0.4 is 4.74 Å². The molecule has 3 fully saturated rings. The van der Waals surface area contributed by atoms with Crippen LogP contribution in [0.2, 0.25) is 0 Å². The summed E-state index contributed by atoms with van der Waals surface area (Å²) in [6.07, 6.45) is -3.99. The predicted octanol–water partition coefficient (Wildman–Crippen LogP) is 2.72. The highest BCUT2D eigenvalue weighted by atomic mass is 19.4. The summed E-state index contributed by atoms with van der Waals surface area (Å²) < 4.78 is 46.1. The number of benzene rings is 1. The highest BCUT2D eigenvalue weighted by molar-refractivity contribution is 5.77. The van der Waals surface area contributed by atoms with E-state index < -0.39 is 23.2 Å². The number of carboxylic acids is 1. The van der Waals surface area contributed by atoms with E-state index in [9.17, 15) is 23.1 Å². The maximum Gasteiger partial charge on any atom is 0.573 e. The van der Waals surface area contributed by atoms with Gasteiger partial charge in [0.1, 0.15) is 5.75 Å². The van der Waals surface area contributed by atoms with Gasteiger partial charge in [-0.05, 0) is 30.5 Å². The van der Waals surface area contributed by atoms with Gasteiger partial charge in [-0.25, -0.2) is 0 Å². The van der Waals surface area contributed by atoms with Crippen molar-refractivity contribution in [2.75, 3.05) is 13.2 Å². The third-order valence-electron chi connectivity index (χ3n) is 4.24. The lowest BCUT2D eigenvalue weighted by molar-refractivity contribution is -0.274. The Bertz CT molecular complexity index is 576. The molecule has 4 nitrogen and oxygen atoms in total. The molecule has 3 aliphatic rings. The van der Waals surface area contributed by atoms with E-state index in [2.05, 4.69) is 4.74 Å². The van der Waals surface area contributed by atoms with Gasteiger partial charge in [0.2, 0.25) is 0 Å². The third-order valence-corrected chi connectivity index (χ3v) is 4.24. The molecule has 2 heterocycles. The molecular formula is C14H13F3O4. The number of rotatable bonds is 3. The van der Waals surface area contributed by atoms with Gasteiger partial charge < -0.3 is 14.6 Å². The number of carboxylic acid groups (broad SMARTS) is 1. The zero-order chi connectivity index (χ0) is 15.3. The van der Waals surface area contributed by atoms with Gasteiger partial charge in [-0.3, -0.25) is 4.79 Å². The van der Waals surface area contributed by atoms with Crippen LogP contribution in [0, 0.1) is 5.41 Å². The van der Waals surface area contributed by atoms with E-state index >= 15 is 0 Å². The number of fused-ring (bicyclic) bond motifs is 2. The van der Waals surface area contributed by atoms with Gasteiger partial charge in [-0.15, -0.1) is 13.2 Å². The van der Waals surface area contributed by atoms with Gasteiger partial charge in [0.15, 0.2) is 0 Å². The van der Waals surface area contributed by atoms with Crippen LogP contribution in [0.3, 0.4) is 0 Å². The van der Waals surface area contributed by atoms with Gasteiger partial charge in [-0.1, -0.05) is 12.1 Å². The lowest BCUT2D eigenvalue weighted by atomic mass is 9.49. The minimum absolute atomic E-state index is 0.156. The number of halogens is 3. The van der Waals surface area contributed by atoms with Crippen molar-refractivity contribution < 1.29 is 32.5 Å². The summed E-state index contributed by atoms with van der Waals surface area (Å²) in [6.45, 7) is 0.473. The van der Waals surface area contributed by atoms with Crippen LogP contribution in [0.25, 0.3) is 0 Å². The summed E-state index contributed by atoms with van der Waals surface area (Å²) in [6, 6.07) is 5.69. The molecule has 1 aliphatic carbocycles. The average molecular weight is 302 g/mol. The SMILES string of the molecule is O=C(O)C12COCC(c3cccc(OC(F)(F)F)c3)(C1)C2. The molecule has 0 amide bonds. The molecule has 0 radical (unpaired) electrons. The highest BCUT2D eigenvalue weighted by Crippen LogP contribution is 2.59. The second-order valence-corrected chi connectivity index (χ2v) is 5.79. The van der Waals surface area contributed by atoms with Crippen molar-refractivity contribution in [1.82, 2.24) is 0 Å². The molecule has 21 heavy (non-hydrogen) atoms. The summed E-state index contributed by atoms with van der Waals surface area (Å²) in [5, 5.41) is 9.25. The number of ether oxygens (including phenoxy) is 2. The monoisotopic (exact) mass is 302 g/mol. The fraction of sp³-hybridized carbons (Fsp3) is 0.500. The topological polar surface area (TPSA) is 55.8 Å². The van der Waals surface area contributed by atoms with Crippen molar-refractivity contribution in [2.45, 2.75) is 24.6 Å². The zero-order valence-electron chi connectivity index (χ0n) is 10.9.